The molecule has 0 fully saturated rings. The Morgan fingerprint density at radius 3 is 2.94 bits per heavy atom. The van der Waals surface area contributed by atoms with Crippen LogP contribution in [-0.2, 0) is 0 Å². The molecule has 0 aliphatic heterocycles. The highest BCUT2D eigenvalue weighted by Gasteiger charge is 2.15. The molecule has 0 saturated heterocycles. The zero-order chi connectivity index (χ0) is 11.8. The average molecular weight is 264 g/mol. The fourth-order valence-electron chi connectivity index (χ4n) is 1.46. The Hall–Kier alpha value is -1.73. The van der Waals surface area contributed by atoms with E-state index in [0.717, 1.165) is 20.3 Å². The Labute approximate surface area is 105 Å². The second-order valence-corrected chi connectivity index (χ2v) is 5.42. The highest BCUT2D eigenvalue weighted by molar-refractivity contribution is 7.19. The van der Waals surface area contributed by atoms with Crippen molar-refractivity contribution in [1.29, 1.82) is 0 Å². The number of nitrogen functional groups attached to an aromatic ring is 1. The van der Waals surface area contributed by atoms with Gasteiger partial charge in [0.25, 0.3) is 5.89 Å². The van der Waals surface area contributed by atoms with Crippen LogP contribution >= 0.6 is 22.7 Å². The van der Waals surface area contributed by atoms with E-state index in [1.54, 1.807) is 11.7 Å². The average Bonchev–Trinajstić information content (AvgIpc) is 2.97. The van der Waals surface area contributed by atoms with Crippen LogP contribution in [0.15, 0.2) is 22.3 Å². The van der Waals surface area contributed by atoms with Crippen molar-refractivity contribution in [2.75, 3.05) is 5.73 Å². The second kappa shape index (κ2) is 3.94. The molecule has 3 rings (SSSR count). The highest BCUT2D eigenvalue weighted by Crippen LogP contribution is 2.33. The minimum atomic E-state index is 0.507. The van der Waals surface area contributed by atoms with Gasteiger partial charge in [0.1, 0.15) is 0 Å². The lowest BCUT2D eigenvalue weighted by atomic mass is 10.3. The Morgan fingerprint density at radius 1 is 1.41 bits per heavy atom. The number of aryl methyl sites for hydroxylation is 1. The topological polar surface area (TPSA) is 77.8 Å². The molecule has 0 saturated carbocycles. The summed E-state index contributed by atoms with van der Waals surface area (Å²) in [5.74, 6) is 1.07. The van der Waals surface area contributed by atoms with Crippen LogP contribution in [0.1, 0.15) is 5.56 Å². The molecule has 3 aromatic rings. The molecule has 0 spiro atoms. The molecule has 5 nitrogen and oxygen atoms in total. The summed E-state index contributed by atoms with van der Waals surface area (Å²) in [7, 11) is 0. The summed E-state index contributed by atoms with van der Waals surface area (Å²) in [6.07, 6.45) is 1.72. The second-order valence-electron chi connectivity index (χ2n) is 3.45. The van der Waals surface area contributed by atoms with Crippen molar-refractivity contribution in [3.63, 3.8) is 0 Å². The molecule has 0 atom stereocenters. The van der Waals surface area contributed by atoms with Crippen molar-refractivity contribution in [3.8, 4) is 21.5 Å². The first-order valence-electron chi connectivity index (χ1n) is 4.83. The number of thiazole rings is 1. The lowest BCUT2D eigenvalue weighted by molar-refractivity contribution is 0.433. The van der Waals surface area contributed by atoms with E-state index in [1.807, 2.05) is 13.0 Å². The summed E-state index contributed by atoms with van der Waals surface area (Å²) in [6.45, 7) is 1.97. The van der Waals surface area contributed by atoms with Crippen molar-refractivity contribution in [3.05, 3.63) is 23.3 Å². The standard InChI is InChI=1S/C10H8N4OS2/c1-5-2-7(11)17-8(5)10-13-9(14-15-10)6-3-12-4-16-6/h2-4H,11H2,1H3. The molecular weight excluding hydrogens is 256 g/mol. The van der Waals surface area contributed by atoms with Gasteiger partial charge in [0.15, 0.2) is 0 Å². The Balaban J connectivity index is 2.03. The van der Waals surface area contributed by atoms with E-state index in [2.05, 4.69) is 15.1 Å². The van der Waals surface area contributed by atoms with Gasteiger partial charge in [-0.15, -0.1) is 22.7 Å². The van der Waals surface area contributed by atoms with Crippen molar-refractivity contribution >= 4 is 27.7 Å². The molecule has 0 aliphatic rings. The minimum Gasteiger partial charge on any atom is -0.391 e. The summed E-state index contributed by atoms with van der Waals surface area (Å²) in [6, 6.07) is 1.90. The molecule has 0 unspecified atom stereocenters. The normalized spacial score (nSPS) is 10.9. The highest BCUT2D eigenvalue weighted by atomic mass is 32.1. The van der Waals surface area contributed by atoms with Crippen LogP contribution in [0.3, 0.4) is 0 Å². The summed E-state index contributed by atoms with van der Waals surface area (Å²) < 4.78 is 5.24. The van der Waals surface area contributed by atoms with Crippen LogP contribution in [0.2, 0.25) is 0 Å². The first-order chi connectivity index (χ1) is 8.24. The minimum absolute atomic E-state index is 0.507. The van der Waals surface area contributed by atoms with Gasteiger partial charge in [0.2, 0.25) is 5.82 Å². The number of hydrogen-bond acceptors (Lipinski definition) is 7. The monoisotopic (exact) mass is 264 g/mol. The maximum atomic E-state index is 5.74. The van der Waals surface area contributed by atoms with E-state index in [1.165, 1.54) is 22.7 Å². The van der Waals surface area contributed by atoms with Crippen molar-refractivity contribution in [2.24, 2.45) is 0 Å². The third-order valence-corrected chi connectivity index (χ3v) is 4.03. The summed E-state index contributed by atoms with van der Waals surface area (Å²) in [4.78, 5) is 10.1. The van der Waals surface area contributed by atoms with Gasteiger partial charge < -0.3 is 10.3 Å². The van der Waals surface area contributed by atoms with Gasteiger partial charge in [-0.05, 0) is 18.6 Å². The molecule has 17 heavy (non-hydrogen) atoms. The smallest absolute Gasteiger partial charge is 0.268 e. The van der Waals surface area contributed by atoms with Crippen LogP contribution in [0.25, 0.3) is 21.5 Å². The van der Waals surface area contributed by atoms with Crippen molar-refractivity contribution in [1.82, 2.24) is 15.1 Å². The lowest BCUT2D eigenvalue weighted by Crippen LogP contribution is -1.76. The molecule has 86 valence electrons. The predicted octanol–water partition coefficient (Wildman–Crippen LogP) is 2.81. The Kier molecular flexibility index (Phi) is 2.41. The molecule has 3 heterocycles. The fraction of sp³-hybridized carbons (Fsp3) is 0.100. The molecule has 2 N–H and O–H groups in total. The molecule has 0 bridgehead atoms. The summed E-state index contributed by atoms with van der Waals surface area (Å²) in [5, 5.41) is 4.68. The van der Waals surface area contributed by atoms with Crippen LogP contribution < -0.4 is 5.73 Å². The van der Waals surface area contributed by atoms with Gasteiger partial charge in [0, 0.05) is 6.20 Å². The van der Waals surface area contributed by atoms with Crippen molar-refractivity contribution in [2.45, 2.75) is 6.92 Å². The van der Waals surface area contributed by atoms with E-state index in [4.69, 9.17) is 10.3 Å². The molecule has 0 radical (unpaired) electrons. The van der Waals surface area contributed by atoms with Crippen LogP contribution in [0.4, 0.5) is 5.00 Å². The first-order valence-corrected chi connectivity index (χ1v) is 6.52. The molecule has 0 aliphatic carbocycles. The van der Waals surface area contributed by atoms with E-state index in [9.17, 15) is 0 Å². The summed E-state index contributed by atoms with van der Waals surface area (Å²) >= 11 is 2.92. The van der Waals surface area contributed by atoms with Gasteiger partial charge in [-0.1, -0.05) is 5.16 Å². The quantitative estimate of drug-likeness (QED) is 0.770. The number of thiophene rings is 1. The number of nitrogens with zero attached hydrogens (tertiary/aromatic N) is 3. The SMILES string of the molecule is Cc1cc(N)sc1-c1nc(-c2cncs2)no1. The number of rotatable bonds is 2. The number of nitrogens with two attached hydrogens (primary N) is 1. The van der Waals surface area contributed by atoms with Gasteiger partial charge in [0.05, 0.1) is 20.3 Å². The molecule has 0 amide bonds. The maximum absolute atomic E-state index is 5.74. The van der Waals surface area contributed by atoms with E-state index < -0.39 is 0 Å². The molecular formula is C10H8N4OS2. The lowest BCUT2D eigenvalue weighted by Gasteiger charge is -1.88. The third kappa shape index (κ3) is 1.83. The number of anilines is 1. The number of aromatic nitrogens is 3. The zero-order valence-corrected chi connectivity index (χ0v) is 10.5. The van der Waals surface area contributed by atoms with Gasteiger partial charge >= 0.3 is 0 Å². The van der Waals surface area contributed by atoms with Crippen LogP contribution in [-0.4, -0.2) is 15.1 Å². The van der Waals surface area contributed by atoms with Crippen LogP contribution in [0.5, 0.6) is 0 Å². The maximum Gasteiger partial charge on any atom is 0.268 e. The predicted molar refractivity (Wildman–Crippen MR) is 67.9 cm³/mol. The zero-order valence-electron chi connectivity index (χ0n) is 8.88. The first kappa shape index (κ1) is 10.4. The Bertz CT molecular complexity index is 641. The van der Waals surface area contributed by atoms with Gasteiger partial charge in [-0.3, -0.25) is 4.98 Å². The van der Waals surface area contributed by atoms with Crippen LogP contribution in [0, 0.1) is 6.92 Å². The van der Waals surface area contributed by atoms with E-state index in [0.29, 0.717) is 11.7 Å². The molecule has 0 aromatic carbocycles. The van der Waals surface area contributed by atoms with E-state index >= 15 is 0 Å². The van der Waals surface area contributed by atoms with Crippen molar-refractivity contribution < 1.29 is 4.52 Å². The third-order valence-electron chi connectivity index (χ3n) is 2.21. The largest absolute Gasteiger partial charge is 0.391 e. The Morgan fingerprint density at radius 2 is 2.29 bits per heavy atom. The molecule has 7 heteroatoms. The van der Waals surface area contributed by atoms with Gasteiger partial charge in [-0.2, -0.15) is 4.98 Å². The van der Waals surface area contributed by atoms with Gasteiger partial charge in [-0.25, -0.2) is 0 Å². The fourth-order valence-corrected chi connectivity index (χ4v) is 2.87. The number of hydrogen-bond donors (Lipinski definition) is 1. The summed E-state index contributed by atoms with van der Waals surface area (Å²) in [5.41, 5.74) is 8.52. The molecule has 3 aromatic heterocycles. The van der Waals surface area contributed by atoms with E-state index in [-0.39, 0.29) is 0 Å².